The number of benzene rings is 1. The Hall–Kier alpha value is -4.62. The van der Waals surface area contributed by atoms with Crippen molar-refractivity contribution in [2.24, 2.45) is 0 Å². The number of likely N-dealkylation sites (tertiary alicyclic amines) is 1. The first-order valence-electron chi connectivity index (χ1n) is 11.2. The van der Waals surface area contributed by atoms with E-state index < -0.39 is 35.1 Å². The smallest absolute Gasteiger partial charge is 0.407 e. The Morgan fingerprint density at radius 1 is 1.24 bits per heavy atom. The van der Waals surface area contributed by atoms with Gasteiger partial charge in [-0.2, -0.15) is 9.49 Å². The van der Waals surface area contributed by atoms with Gasteiger partial charge in [-0.3, -0.25) is 9.59 Å². The molecule has 3 aromatic rings. The standard InChI is InChI=1S/C23H24F2N8O4/c1-4-15(34)32-9-5-6-12(10-32)33-21-16(20(26)27-11-28-21)19(30-33)22(35)29-13-7-8-14(18(25)17(13)24)37-23(36)31(2)3/h4,7-8,11-12H,1,5-6,9-10H2,2-3H3,(H,29,35)(H2,26,27,28). The second-order valence-corrected chi connectivity index (χ2v) is 8.49. The van der Waals surface area contributed by atoms with E-state index in [9.17, 15) is 23.2 Å². The number of hydrogen-bond donors (Lipinski definition) is 2. The summed E-state index contributed by atoms with van der Waals surface area (Å²) in [5.41, 5.74) is 5.57. The van der Waals surface area contributed by atoms with Crippen molar-refractivity contribution >= 4 is 40.4 Å². The van der Waals surface area contributed by atoms with E-state index in [4.69, 9.17) is 10.5 Å². The number of nitrogens with two attached hydrogens (primary N) is 1. The molecular formula is C23H24F2N8O4. The Kier molecular flexibility index (Phi) is 7.00. The molecule has 1 aliphatic rings. The fourth-order valence-electron chi connectivity index (χ4n) is 3.97. The number of fused-ring (bicyclic) bond motifs is 1. The number of nitrogens with one attached hydrogen (secondary N) is 1. The third-order valence-electron chi connectivity index (χ3n) is 5.82. The van der Waals surface area contributed by atoms with Crippen LogP contribution in [-0.4, -0.2) is 74.6 Å². The number of piperidine rings is 1. The number of halogens is 2. The van der Waals surface area contributed by atoms with E-state index >= 15 is 0 Å². The Morgan fingerprint density at radius 2 is 2.00 bits per heavy atom. The van der Waals surface area contributed by atoms with Crippen LogP contribution in [0.3, 0.4) is 0 Å². The molecule has 0 saturated carbocycles. The van der Waals surface area contributed by atoms with Gasteiger partial charge in [0.2, 0.25) is 11.7 Å². The Balaban J connectivity index is 1.66. The first-order chi connectivity index (χ1) is 17.6. The Morgan fingerprint density at radius 3 is 2.70 bits per heavy atom. The van der Waals surface area contributed by atoms with Crippen molar-refractivity contribution in [3.63, 3.8) is 0 Å². The SMILES string of the molecule is C=CC(=O)N1CCCC(n2nc(C(=O)Nc3ccc(OC(=O)N(C)C)c(F)c3F)c3c(N)ncnc32)C1. The molecule has 2 aromatic heterocycles. The molecule has 1 saturated heterocycles. The third-order valence-corrected chi connectivity index (χ3v) is 5.82. The van der Waals surface area contributed by atoms with Crippen molar-refractivity contribution in [1.29, 1.82) is 0 Å². The van der Waals surface area contributed by atoms with Gasteiger partial charge in [0, 0.05) is 27.2 Å². The molecule has 0 bridgehead atoms. The lowest BCUT2D eigenvalue weighted by Crippen LogP contribution is -2.40. The lowest BCUT2D eigenvalue weighted by molar-refractivity contribution is -0.127. The molecule has 1 atom stereocenters. The highest BCUT2D eigenvalue weighted by Gasteiger charge is 2.30. The van der Waals surface area contributed by atoms with Crippen LogP contribution in [0.5, 0.6) is 5.75 Å². The van der Waals surface area contributed by atoms with Gasteiger partial charge in [-0.05, 0) is 31.1 Å². The molecule has 0 spiro atoms. The molecule has 1 fully saturated rings. The number of nitrogens with zero attached hydrogens (tertiary/aromatic N) is 6. The van der Waals surface area contributed by atoms with E-state index in [-0.39, 0.29) is 34.5 Å². The molecule has 12 nitrogen and oxygen atoms in total. The number of anilines is 2. The summed E-state index contributed by atoms with van der Waals surface area (Å²) < 4.78 is 35.5. The maximum absolute atomic E-state index is 14.7. The second-order valence-electron chi connectivity index (χ2n) is 8.49. The molecular weight excluding hydrogens is 490 g/mol. The van der Waals surface area contributed by atoms with E-state index in [1.165, 1.54) is 31.2 Å². The van der Waals surface area contributed by atoms with Crippen LogP contribution in [0.15, 0.2) is 31.1 Å². The Bertz CT molecular complexity index is 1410. The summed E-state index contributed by atoms with van der Waals surface area (Å²) in [6.45, 7) is 4.37. The van der Waals surface area contributed by atoms with Crippen LogP contribution in [0.25, 0.3) is 11.0 Å². The minimum atomic E-state index is -1.46. The van der Waals surface area contributed by atoms with Gasteiger partial charge in [-0.25, -0.2) is 23.8 Å². The van der Waals surface area contributed by atoms with Crippen LogP contribution >= 0.6 is 0 Å². The minimum Gasteiger partial charge on any atom is -0.407 e. The van der Waals surface area contributed by atoms with Crippen LogP contribution in [0.1, 0.15) is 29.4 Å². The van der Waals surface area contributed by atoms with E-state index in [0.29, 0.717) is 25.9 Å². The lowest BCUT2D eigenvalue weighted by atomic mass is 10.1. The van der Waals surface area contributed by atoms with Crippen molar-refractivity contribution in [3.05, 3.63) is 48.4 Å². The van der Waals surface area contributed by atoms with E-state index in [1.807, 2.05) is 0 Å². The molecule has 4 rings (SSSR count). The zero-order valence-electron chi connectivity index (χ0n) is 20.1. The Labute approximate surface area is 209 Å². The number of carbonyl (C=O) groups excluding carboxylic acids is 3. The maximum Gasteiger partial charge on any atom is 0.414 e. The van der Waals surface area contributed by atoms with Crippen LogP contribution in [0.4, 0.5) is 25.1 Å². The molecule has 0 aliphatic carbocycles. The molecule has 14 heteroatoms. The molecule has 1 aliphatic heterocycles. The summed E-state index contributed by atoms with van der Waals surface area (Å²) >= 11 is 0. The largest absolute Gasteiger partial charge is 0.414 e. The monoisotopic (exact) mass is 514 g/mol. The van der Waals surface area contributed by atoms with Gasteiger partial charge in [0.1, 0.15) is 12.1 Å². The van der Waals surface area contributed by atoms with Gasteiger partial charge in [0.05, 0.1) is 17.1 Å². The summed E-state index contributed by atoms with van der Waals surface area (Å²) in [6, 6.07) is 1.74. The highest BCUT2D eigenvalue weighted by molar-refractivity contribution is 6.13. The molecule has 3 N–H and O–H groups in total. The first kappa shape index (κ1) is 25.5. The van der Waals surface area contributed by atoms with Gasteiger partial charge in [0.15, 0.2) is 22.9 Å². The van der Waals surface area contributed by atoms with E-state index in [0.717, 1.165) is 17.0 Å². The van der Waals surface area contributed by atoms with Crippen LogP contribution in [0.2, 0.25) is 0 Å². The average Bonchev–Trinajstić information content (AvgIpc) is 3.29. The third kappa shape index (κ3) is 4.90. The van der Waals surface area contributed by atoms with E-state index in [1.54, 1.807) is 4.90 Å². The maximum atomic E-state index is 14.7. The number of carbonyl (C=O) groups is 3. The number of nitrogen functional groups attached to an aromatic ring is 1. The normalized spacial score (nSPS) is 15.4. The number of aromatic nitrogens is 4. The predicted molar refractivity (Wildman–Crippen MR) is 129 cm³/mol. The fraction of sp³-hybridized carbons (Fsp3) is 0.304. The lowest BCUT2D eigenvalue weighted by Gasteiger charge is -2.32. The summed E-state index contributed by atoms with van der Waals surface area (Å²) in [5.74, 6) is -4.69. The summed E-state index contributed by atoms with van der Waals surface area (Å²) in [4.78, 5) is 47.8. The quantitative estimate of drug-likeness (QED) is 0.493. The van der Waals surface area contributed by atoms with Gasteiger partial charge in [-0.1, -0.05) is 6.58 Å². The number of amides is 3. The fourth-order valence-corrected chi connectivity index (χ4v) is 3.97. The molecule has 194 valence electrons. The summed E-state index contributed by atoms with van der Waals surface area (Å²) in [5, 5.41) is 6.79. The zero-order valence-corrected chi connectivity index (χ0v) is 20.1. The molecule has 3 heterocycles. The van der Waals surface area contributed by atoms with Crippen LogP contribution in [0, 0.1) is 11.6 Å². The highest BCUT2D eigenvalue weighted by Crippen LogP contribution is 2.30. The summed E-state index contributed by atoms with van der Waals surface area (Å²) in [6.07, 6.45) is 2.87. The average molecular weight is 514 g/mol. The van der Waals surface area contributed by atoms with Crippen molar-refractivity contribution in [3.8, 4) is 5.75 Å². The summed E-state index contributed by atoms with van der Waals surface area (Å²) in [7, 11) is 2.76. The van der Waals surface area contributed by atoms with Crippen molar-refractivity contribution in [2.45, 2.75) is 18.9 Å². The zero-order chi connectivity index (χ0) is 26.9. The van der Waals surface area contributed by atoms with Crippen molar-refractivity contribution in [2.75, 3.05) is 38.2 Å². The van der Waals surface area contributed by atoms with Crippen molar-refractivity contribution in [1.82, 2.24) is 29.5 Å². The molecule has 3 amide bonds. The van der Waals surface area contributed by atoms with Crippen LogP contribution < -0.4 is 15.8 Å². The minimum absolute atomic E-state index is 0.0335. The number of rotatable bonds is 5. The van der Waals surface area contributed by atoms with Gasteiger partial charge < -0.3 is 25.6 Å². The van der Waals surface area contributed by atoms with E-state index in [2.05, 4.69) is 27.0 Å². The van der Waals surface area contributed by atoms with Crippen molar-refractivity contribution < 1.29 is 27.9 Å². The van der Waals surface area contributed by atoms with Crippen LogP contribution in [-0.2, 0) is 4.79 Å². The number of hydrogen-bond acceptors (Lipinski definition) is 8. The topological polar surface area (TPSA) is 149 Å². The van der Waals surface area contributed by atoms with Gasteiger partial charge >= 0.3 is 6.09 Å². The predicted octanol–water partition coefficient (Wildman–Crippen LogP) is 2.35. The highest BCUT2D eigenvalue weighted by atomic mass is 19.2. The molecule has 0 radical (unpaired) electrons. The van der Waals surface area contributed by atoms with Gasteiger partial charge in [-0.15, -0.1) is 0 Å². The second kappa shape index (κ2) is 10.2. The number of ether oxygens (including phenoxy) is 1. The molecule has 1 aromatic carbocycles. The molecule has 1 unspecified atom stereocenters. The first-order valence-corrected chi connectivity index (χ1v) is 11.2. The molecule has 37 heavy (non-hydrogen) atoms. The van der Waals surface area contributed by atoms with Gasteiger partial charge in [0.25, 0.3) is 5.91 Å².